The third-order valence-electron chi connectivity index (χ3n) is 4.95. The van der Waals surface area contributed by atoms with Crippen LogP contribution in [0.15, 0.2) is 42.5 Å². The molecule has 1 unspecified atom stereocenters. The molecule has 0 fully saturated rings. The van der Waals surface area contributed by atoms with Gasteiger partial charge in [-0.1, -0.05) is 13.8 Å². The zero-order valence-electron chi connectivity index (χ0n) is 17.2. The zero-order chi connectivity index (χ0) is 22.0. The monoisotopic (exact) mass is 409 g/mol. The maximum Gasteiger partial charge on any atom is 0.261 e. The number of hydrogen-bond acceptors (Lipinski definition) is 5. The van der Waals surface area contributed by atoms with Gasteiger partial charge in [0.25, 0.3) is 17.7 Å². The number of benzene rings is 2. The fourth-order valence-electron chi connectivity index (χ4n) is 3.16. The van der Waals surface area contributed by atoms with Crippen molar-refractivity contribution in [3.8, 4) is 5.75 Å². The lowest BCUT2D eigenvalue weighted by atomic mass is 10.0. The minimum Gasteiger partial charge on any atom is -0.497 e. The summed E-state index contributed by atoms with van der Waals surface area (Å²) in [6, 6.07) is 10.3. The topological polar surface area (TPSA) is 105 Å². The van der Waals surface area contributed by atoms with Gasteiger partial charge in [-0.25, -0.2) is 0 Å². The highest BCUT2D eigenvalue weighted by Gasteiger charge is 2.33. The third kappa shape index (κ3) is 4.03. The summed E-state index contributed by atoms with van der Waals surface area (Å²) in [5.41, 5.74) is 1.32. The maximum absolute atomic E-state index is 12.8. The van der Waals surface area contributed by atoms with Crippen LogP contribution in [0.5, 0.6) is 5.75 Å². The minimum absolute atomic E-state index is 0.184. The number of imide groups is 1. The number of carbonyl (C=O) groups excluding carboxylic acids is 4. The molecule has 1 aliphatic rings. The van der Waals surface area contributed by atoms with Crippen molar-refractivity contribution in [2.24, 2.45) is 5.92 Å². The molecule has 2 aromatic carbocycles. The molecule has 0 saturated heterocycles. The van der Waals surface area contributed by atoms with E-state index in [0.717, 1.165) is 4.90 Å². The Labute approximate surface area is 174 Å². The molecule has 30 heavy (non-hydrogen) atoms. The molecule has 4 amide bonds. The first-order valence-corrected chi connectivity index (χ1v) is 9.45. The van der Waals surface area contributed by atoms with E-state index in [0.29, 0.717) is 22.6 Å². The van der Waals surface area contributed by atoms with Gasteiger partial charge in [0, 0.05) is 18.3 Å². The minimum atomic E-state index is -0.798. The van der Waals surface area contributed by atoms with Gasteiger partial charge in [0.2, 0.25) is 5.91 Å². The predicted molar refractivity (Wildman–Crippen MR) is 111 cm³/mol. The van der Waals surface area contributed by atoms with Gasteiger partial charge in [-0.05, 0) is 48.4 Å². The summed E-state index contributed by atoms with van der Waals surface area (Å²) in [6.45, 7) is 3.64. The van der Waals surface area contributed by atoms with Gasteiger partial charge < -0.3 is 15.4 Å². The summed E-state index contributed by atoms with van der Waals surface area (Å²) in [6.07, 6.45) is 0. The molecule has 0 saturated carbocycles. The van der Waals surface area contributed by atoms with Gasteiger partial charge in [0.1, 0.15) is 11.8 Å². The van der Waals surface area contributed by atoms with Crippen LogP contribution in [0.2, 0.25) is 0 Å². The quantitative estimate of drug-likeness (QED) is 0.713. The Morgan fingerprint density at radius 3 is 2.20 bits per heavy atom. The number of nitrogens with one attached hydrogen (secondary N) is 2. The summed E-state index contributed by atoms with van der Waals surface area (Å²) < 4.78 is 5.08. The molecule has 3 rings (SSSR count). The number of nitrogens with zero attached hydrogens (tertiary/aromatic N) is 1. The molecule has 1 aliphatic heterocycles. The van der Waals surface area contributed by atoms with E-state index in [1.807, 2.05) is 13.8 Å². The first-order chi connectivity index (χ1) is 14.2. The van der Waals surface area contributed by atoms with Gasteiger partial charge in [0.15, 0.2) is 0 Å². The van der Waals surface area contributed by atoms with Gasteiger partial charge in [-0.3, -0.25) is 24.1 Å². The summed E-state index contributed by atoms with van der Waals surface area (Å²) in [5.74, 6) is -1.16. The van der Waals surface area contributed by atoms with E-state index in [9.17, 15) is 19.2 Å². The Kier molecular flexibility index (Phi) is 5.86. The van der Waals surface area contributed by atoms with Gasteiger partial charge in [0.05, 0.1) is 18.2 Å². The molecular weight excluding hydrogens is 386 g/mol. The van der Waals surface area contributed by atoms with Crippen molar-refractivity contribution in [2.45, 2.75) is 19.9 Å². The normalized spacial score (nSPS) is 13.8. The zero-order valence-corrected chi connectivity index (χ0v) is 17.2. The number of carbonyl (C=O) groups is 4. The average Bonchev–Trinajstić information content (AvgIpc) is 2.95. The number of hydrogen-bond donors (Lipinski definition) is 2. The summed E-state index contributed by atoms with van der Waals surface area (Å²) >= 11 is 0. The molecule has 2 N–H and O–H groups in total. The molecule has 156 valence electrons. The van der Waals surface area contributed by atoms with Crippen molar-refractivity contribution in [1.82, 2.24) is 10.2 Å². The van der Waals surface area contributed by atoms with E-state index in [4.69, 9.17) is 4.74 Å². The van der Waals surface area contributed by atoms with Crippen LogP contribution in [0.1, 0.15) is 44.9 Å². The van der Waals surface area contributed by atoms with Crippen LogP contribution in [-0.2, 0) is 4.79 Å². The lowest BCUT2D eigenvalue weighted by Gasteiger charge is -2.22. The van der Waals surface area contributed by atoms with Crippen LogP contribution in [0.3, 0.4) is 0 Å². The van der Waals surface area contributed by atoms with E-state index < -0.39 is 17.9 Å². The highest BCUT2D eigenvalue weighted by atomic mass is 16.5. The number of amides is 4. The molecule has 1 heterocycles. The van der Waals surface area contributed by atoms with Crippen LogP contribution in [0.4, 0.5) is 5.69 Å². The lowest BCUT2D eigenvalue weighted by Crippen LogP contribution is -2.47. The largest absolute Gasteiger partial charge is 0.497 e. The second kappa shape index (κ2) is 8.36. The molecular formula is C22H23N3O5. The molecule has 8 heteroatoms. The fraction of sp³-hybridized carbons (Fsp3) is 0.273. The Morgan fingerprint density at radius 1 is 0.967 bits per heavy atom. The first kappa shape index (κ1) is 21.0. The number of anilines is 1. The SMILES string of the molecule is COc1ccc(C(=O)NC(C(=O)Nc2ccc3c(c2)C(=O)N(C)C3=O)C(C)C)cc1. The van der Waals surface area contributed by atoms with E-state index in [-0.39, 0.29) is 23.3 Å². The summed E-state index contributed by atoms with van der Waals surface area (Å²) in [4.78, 5) is 50.6. The fourth-order valence-corrected chi connectivity index (χ4v) is 3.16. The highest BCUT2D eigenvalue weighted by Crippen LogP contribution is 2.25. The predicted octanol–water partition coefficient (Wildman–Crippen LogP) is 2.31. The van der Waals surface area contributed by atoms with Crippen molar-refractivity contribution >= 4 is 29.3 Å². The Bertz CT molecular complexity index is 1010. The Balaban J connectivity index is 1.74. The molecule has 2 aromatic rings. The number of rotatable bonds is 6. The van der Waals surface area contributed by atoms with E-state index in [1.165, 1.54) is 26.3 Å². The highest BCUT2D eigenvalue weighted by molar-refractivity contribution is 6.21. The van der Waals surface area contributed by atoms with Crippen LogP contribution in [0.25, 0.3) is 0 Å². The second-order valence-electron chi connectivity index (χ2n) is 7.34. The van der Waals surface area contributed by atoms with Crippen molar-refractivity contribution in [3.05, 3.63) is 59.2 Å². The van der Waals surface area contributed by atoms with Crippen LogP contribution < -0.4 is 15.4 Å². The summed E-state index contributed by atoms with van der Waals surface area (Å²) in [5, 5.41) is 5.47. The number of ether oxygens (including phenoxy) is 1. The van der Waals surface area contributed by atoms with E-state index in [1.54, 1.807) is 30.3 Å². The molecule has 0 radical (unpaired) electrons. The van der Waals surface area contributed by atoms with Crippen LogP contribution in [-0.4, -0.2) is 48.7 Å². The van der Waals surface area contributed by atoms with Crippen molar-refractivity contribution in [1.29, 1.82) is 0 Å². The number of methoxy groups -OCH3 is 1. The van der Waals surface area contributed by atoms with Crippen molar-refractivity contribution in [3.63, 3.8) is 0 Å². The standard InChI is InChI=1S/C22H23N3O5/c1-12(2)18(24-19(26)13-5-8-15(30-4)9-6-13)20(27)23-14-7-10-16-17(11-14)22(29)25(3)21(16)28/h5-12,18H,1-4H3,(H,23,27)(H,24,26). The Morgan fingerprint density at radius 2 is 1.60 bits per heavy atom. The van der Waals surface area contributed by atoms with Gasteiger partial charge in [-0.2, -0.15) is 0 Å². The van der Waals surface area contributed by atoms with Gasteiger partial charge >= 0.3 is 0 Å². The molecule has 0 aliphatic carbocycles. The molecule has 0 aromatic heterocycles. The van der Waals surface area contributed by atoms with Crippen LogP contribution in [0, 0.1) is 5.92 Å². The maximum atomic E-state index is 12.8. The first-order valence-electron chi connectivity index (χ1n) is 9.45. The number of fused-ring (bicyclic) bond motifs is 1. The average molecular weight is 409 g/mol. The molecule has 0 bridgehead atoms. The van der Waals surface area contributed by atoms with E-state index in [2.05, 4.69) is 10.6 Å². The third-order valence-corrected chi connectivity index (χ3v) is 4.95. The van der Waals surface area contributed by atoms with Crippen molar-refractivity contribution < 1.29 is 23.9 Å². The van der Waals surface area contributed by atoms with E-state index >= 15 is 0 Å². The lowest BCUT2D eigenvalue weighted by molar-refractivity contribution is -0.118. The van der Waals surface area contributed by atoms with Crippen LogP contribution >= 0.6 is 0 Å². The van der Waals surface area contributed by atoms with Gasteiger partial charge in [-0.15, -0.1) is 0 Å². The second-order valence-corrected chi connectivity index (χ2v) is 7.34. The van der Waals surface area contributed by atoms with Crippen molar-refractivity contribution in [2.75, 3.05) is 19.5 Å². The molecule has 1 atom stereocenters. The smallest absolute Gasteiger partial charge is 0.261 e. The Hall–Kier alpha value is -3.68. The molecule has 8 nitrogen and oxygen atoms in total. The molecule has 0 spiro atoms. The summed E-state index contributed by atoms with van der Waals surface area (Å²) in [7, 11) is 2.95.